The summed E-state index contributed by atoms with van der Waals surface area (Å²) in [6.45, 7) is 2.32. The van der Waals surface area contributed by atoms with Crippen molar-refractivity contribution < 1.29 is 13.2 Å². The zero-order valence-electron chi connectivity index (χ0n) is 15.9. The number of rotatable bonds is 1. The molecule has 5 nitrogen and oxygen atoms in total. The van der Waals surface area contributed by atoms with Crippen molar-refractivity contribution in [2.75, 3.05) is 19.0 Å². The van der Waals surface area contributed by atoms with E-state index in [1.807, 2.05) is 25.1 Å². The number of fused-ring (bicyclic) bond motifs is 3. The molecule has 7 heteroatoms. The van der Waals surface area contributed by atoms with Crippen molar-refractivity contribution in [2.24, 2.45) is 10.7 Å². The first-order valence-corrected chi connectivity index (χ1v) is 11.9. The molecule has 2 aromatic carbocycles. The number of amidine groups is 1. The Labute approximate surface area is 173 Å². The minimum Gasteiger partial charge on any atom is -0.386 e. The lowest BCUT2D eigenvalue weighted by Gasteiger charge is -2.33. The average molecular weight is 425 g/mol. The minimum absolute atomic E-state index is 0.0444. The molecule has 2 atom stereocenters. The molecular weight excluding hydrogens is 404 g/mol. The van der Waals surface area contributed by atoms with Gasteiger partial charge in [0.1, 0.15) is 5.84 Å². The largest absolute Gasteiger partial charge is 0.386 e. The second-order valence-electron chi connectivity index (χ2n) is 7.55. The first kappa shape index (κ1) is 18.6. The predicted octanol–water partition coefficient (Wildman–Crippen LogP) is 3.41. The standard InChI is InChI=1S/C22H20N2O3S2/c1-2-3-14-4-6-19-16(10-14)17-11-15(5-7-20(17)28-19)18-12-29(25,26)22(21(23)24-18)8-9-27-13-22/h4-7,10-11,18H,8-9,12-13H2,1H3,(H2,23,24). The lowest BCUT2D eigenvalue weighted by Crippen LogP contribution is -2.55. The molecule has 29 heavy (non-hydrogen) atoms. The van der Waals surface area contributed by atoms with Gasteiger partial charge in [-0.25, -0.2) is 8.42 Å². The summed E-state index contributed by atoms with van der Waals surface area (Å²) in [4.78, 5) is 4.62. The molecule has 1 spiro atoms. The van der Waals surface area contributed by atoms with Gasteiger partial charge in [0.25, 0.3) is 0 Å². The third kappa shape index (κ3) is 2.78. The highest BCUT2D eigenvalue weighted by Crippen LogP contribution is 2.40. The number of hydrogen-bond donors (Lipinski definition) is 1. The van der Waals surface area contributed by atoms with Gasteiger partial charge in [0.2, 0.25) is 0 Å². The molecule has 2 aliphatic heterocycles. The second-order valence-corrected chi connectivity index (χ2v) is 11.0. The van der Waals surface area contributed by atoms with Gasteiger partial charge in [-0.2, -0.15) is 0 Å². The first-order valence-electron chi connectivity index (χ1n) is 9.46. The van der Waals surface area contributed by atoms with Gasteiger partial charge in [0, 0.05) is 32.3 Å². The molecule has 1 fully saturated rings. The maximum Gasteiger partial charge on any atom is 0.168 e. The van der Waals surface area contributed by atoms with Crippen LogP contribution in [0.4, 0.5) is 0 Å². The number of benzene rings is 2. The van der Waals surface area contributed by atoms with Crippen molar-refractivity contribution in [1.29, 1.82) is 0 Å². The molecule has 1 aromatic heterocycles. The van der Waals surface area contributed by atoms with E-state index < -0.39 is 20.6 Å². The normalized spacial score (nSPS) is 25.8. The fourth-order valence-electron chi connectivity index (χ4n) is 4.24. The van der Waals surface area contributed by atoms with Crippen LogP contribution < -0.4 is 5.73 Å². The molecule has 2 N–H and O–H groups in total. The van der Waals surface area contributed by atoms with E-state index in [0.717, 1.165) is 26.6 Å². The molecule has 0 aliphatic carbocycles. The molecule has 0 saturated carbocycles. The topological polar surface area (TPSA) is 81.8 Å². The fourth-order valence-corrected chi connectivity index (χ4v) is 7.34. The number of sulfone groups is 1. The molecule has 148 valence electrons. The molecule has 3 heterocycles. The minimum atomic E-state index is -3.46. The highest BCUT2D eigenvalue weighted by atomic mass is 32.2. The molecule has 5 rings (SSSR count). The van der Waals surface area contributed by atoms with Crippen molar-refractivity contribution in [3.05, 3.63) is 47.5 Å². The van der Waals surface area contributed by atoms with Gasteiger partial charge in [-0.1, -0.05) is 12.0 Å². The number of nitrogens with two attached hydrogens (primary N) is 1. The summed E-state index contributed by atoms with van der Waals surface area (Å²) in [5.74, 6) is 6.17. The predicted molar refractivity (Wildman–Crippen MR) is 118 cm³/mol. The first-order chi connectivity index (χ1) is 13.9. The average Bonchev–Trinajstić information content (AvgIpc) is 3.32. The molecule has 0 radical (unpaired) electrons. The maximum absolute atomic E-state index is 13.1. The van der Waals surface area contributed by atoms with E-state index in [-0.39, 0.29) is 18.2 Å². The Morgan fingerprint density at radius 2 is 1.97 bits per heavy atom. The van der Waals surface area contributed by atoms with E-state index in [2.05, 4.69) is 35.0 Å². The summed E-state index contributed by atoms with van der Waals surface area (Å²) in [5.41, 5.74) is 8.03. The molecule has 3 aromatic rings. The van der Waals surface area contributed by atoms with Gasteiger partial charge in [-0.15, -0.1) is 17.3 Å². The van der Waals surface area contributed by atoms with Gasteiger partial charge in [-0.3, -0.25) is 4.99 Å². The molecule has 2 aliphatic rings. The Morgan fingerprint density at radius 3 is 2.66 bits per heavy atom. The van der Waals surface area contributed by atoms with Gasteiger partial charge in [-0.05, 0) is 49.2 Å². The van der Waals surface area contributed by atoms with Gasteiger partial charge in [0.05, 0.1) is 18.4 Å². The molecule has 0 bridgehead atoms. The number of ether oxygens (including phenoxy) is 1. The quantitative estimate of drug-likeness (QED) is 0.607. The molecule has 0 amide bonds. The highest BCUT2D eigenvalue weighted by molar-refractivity contribution is 7.93. The smallest absolute Gasteiger partial charge is 0.168 e. The zero-order valence-corrected chi connectivity index (χ0v) is 17.6. The van der Waals surface area contributed by atoms with Crippen molar-refractivity contribution in [3.63, 3.8) is 0 Å². The van der Waals surface area contributed by atoms with Gasteiger partial charge in [0.15, 0.2) is 14.6 Å². The van der Waals surface area contributed by atoms with Crippen LogP contribution in [0.25, 0.3) is 20.2 Å². The van der Waals surface area contributed by atoms with E-state index in [9.17, 15) is 8.42 Å². The number of hydrogen-bond acceptors (Lipinski definition) is 6. The Hall–Kier alpha value is -2.40. The summed E-state index contributed by atoms with van der Waals surface area (Å²) in [5, 5.41) is 2.22. The number of thiophene rings is 1. The second kappa shape index (κ2) is 6.56. The van der Waals surface area contributed by atoms with Crippen molar-refractivity contribution in [2.45, 2.75) is 24.1 Å². The lowest BCUT2D eigenvalue weighted by molar-refractivity contribution is 0.194. The van der Waals surface area contributed by atoms with Crippen LogP contribution in [0.2, 0.25) is 0 Å². The van der Waals surface area contributed by atoms with Crippen LogP contribution in [0.3, 0.4) is 0 Å². The Bertz CT molecular complexity index is 1340. The van der Waals surface area contributed by atoms with Gasteiger partial charge < -0.3 is 10.5 Å². The fraction of sp³-hybridized carbons (Fsp3) is 0.318. The monoisotopic (exact) mass is 424 g/mol. The Balaban J connectivity index is 1.63. The van der Waals surface area contributed by atoms with Crippen LogP contribution in [-0.2, 0) is 14.6 Å². The van der Waals surface area contributed by atoms with Crippen LogP contribution >= 0.6 is 11.3 Å². The molecule has 1 saturated heterocycles. The van der Waals surface area contributed by atoms with Crippen molar-refractivity contribution in [1.82, 2.24) is 0 Å². The van der Waals surface area contributed by atoms with E-state index in [0.29, 0.717) is 13.0 Å². The SMILES string of the molecule is CC#Cc1ccc2sc3ccc(C4CS(=O)(=O)C5(CCOC5)C(N)=N4)cc3c2c1. The third-order valence-corrected chi connectivity index (χ3v) is 9.50. The van der Waals surface area contributed by atoms with Gasteiger partial charge >= 0.3 is 0 Å². The van der Waals surface area contributed by atoms with Crippen LogP contribution in [0.5, 0.6) is 0 Å². The summed E-state index contributed by atoms with van der Waals surface area (Å²) in [7, 11) is -3.46. The molecular formula is C22H20N2O3S2. The van der Waals surface area contributed by atoms with Crippen molar-refractivity contribution in [3.8, 4) is 11.8 Å². The summed E-state index contributed by atoms with van der Waals surface area (Å²) >= 11 is 1.72. The highest BCUT2D eigenvalue weighted by Gasteiger charge is 2.53. The van der Waals surface area contributed by atoms with Crippen LogP contribution in [-0.4, -0.2) is 38.0 Å². The zero-order chi connectivity index (χ0) is 20.2. The molecule has 2 unspecified atom stereocenters. The van der Waals surface area contributed by atoms with Crippen LogP contribution in [0.1, 0.15) is 30.5 Å². The third-order valence-electron chi connectivity index (χ3n) is 5.87. The summed E-state index contributed by atoms with van der Waals surface area (Å²) in [6, 6.07) is 11.8. The number of nitrogens with zero attached hydrogens (tertiary/aromatic N) is 1. The summed E-state index contributed by atoms with van der Waals surface area (Å²) in [6.07, 6.45) is 0.382. The summed E-state index contributed by atoms with van der Waals surface area (Å²) < 4.78 is 32.7. The van der Waals surface area contributed by atoms with E-state index in [1.165, 1.54) is 4.70 Å². The lowest BCUT2D eigenvalue weighted by atomic mass is 10.0. The van der Waals surface area contributed by atoms with Crippen LogP contribution in [0.15, 0.2) is 41.4 Å². The van der Waals surface area contributed by atoms with Crippen LogP contribution in [0, 0.1) is 11.8 Å². The number of aliphatic imine (C=N–C) groups is 1. The Kier molecular flexibility index (Phi) is 4.21. The Morgan fingerprint density at radius 1 is 1.21 bits per heavy atom. The van der Waals surface area contributed by atoms with E-state index >= 15 is 0 Å². The van der Waals surface area contributed by atoms with Crippen molar-refractivity contribution >= 4 is 47.2 Å². The van der Waals surface area contributed by atoms with E-state index in [1.54, 1.807) is 11.3 Å². The maximum atomic E-state index is 13.1. The van der Waals surface area contributed by atoms with E-state index in [4.69, 9.17) is 10.5 Å².